The van der Waals surface area contributed by atoms with Gasteiger partial charge >= 0.3 is 0 Å². The Bertz CT molecular complexity index is 1350. The van der Waals surface area contributed by atoms with Crippen LogP contribution in [0.2, 0.25) is 0 Å². The van der Waals surface area contributed by atoms with E-state index in [1.807, 2.05) is 0 Å². The third kappa shape index (κ3) is 15.5. The maximum Gasteiger partial charge on any atom is 0.220 e. The molecule has 65 heavy (non-hydrogen) atoms. The van der Waals surface area contributed by atoms with Crippen molar-refractivity contribution in [1.82, 2.24) is 5.32 Å². The molecule has 20 atom stereocenters. The number of carbonyl (C=O) groups is 1. The van der Waals surface area contributed by atoms with Gasteiger partial charge in [0.1, 0.15) is 67.1 Å². The molecule has 4 aliphatic heterocycles. The third-order valence-corrected chi connectivity index (χ3v) is 13.2. The number of hydrogen-bond donors (Lipinski definition) is 11. The summed E-state index contributed by atoms with van der Waals surface area (Å²) in [5, 5.41) is 99.2. The second-order valence-corrected chi connectivity index (χ2v) is 18.1. The van der Waals surface area contributed by atoms with Crippen molar-refractivity contribution in [2.24, 2.45) is 17.6 Å². The molecule has 0 aromatic carbocycles. The first kappa shape index (κ1) is 56.1. The van der Waals surface area contributed by atoms with Crippen LogP contribution in [-0.4, -0.2) is 196 Å². The minimum Gasteiger partial charge on any atom is -0.394 e. The molecule has 4 rings (SSSR count). The van der Waals surface area contributed by atoms with Gasteiger partial charge in [-0.05, 0) is 32.1 Å². The van der Waals surface area contributed by atoms with E-state index in [1.165, 1.54) is 39.7 Å². The van der Waals surface area contributed by atoms with Gasteiger partial charge in [-0.1, -0.05) is 84.3 Å². The van der Waals surface area contributed by atoms with E-state index in [1.54, 1.807) is 6.92 Å². The molecule has 0 saturated carbocycles. The summed E-state index contributed by atoms with van der Waals surface area (Å²) in [6.45, 7) is 2.73. The highest BCUT2D eigenvalue weighted by Gasteiger charge is 2.54. The molecule has 4 fully saturated rings. The highest BCUT2D eigenvalue weighted by Crippen LogP contribution is 2.36. The summed E-state index contributed by atoms with van der Waals surface area (Å²) in [7, 11) is 1.39. The Morgan fingerprint density at radius 2 is 0.985 bits per heavy atom. The molecule has 12 N–H and O–H groups in total. The minimum atomic E-state index is -1.64. The topological polar surface area (TPSA) is 311 Å². The van der Waals surface area contributed by atoms with Crippen LogP contribution in [0, 0.1) is 11.8 Å². The summed E-state index contributed by atoms with van der Waals surface area (Å²) in [6.07, 6.45) is -2.44. The largest absolute Gasteiger partial charge is 0.394 e. The first-order valence-electron chi connectivity index (χ1n) is 23.9. The fourth-order valence-corrected chi connectivity index (χ4v) is 8.97. The third-order valence-electron chi connectivity index (χ3n) is 13.2. The number of hydrogen-bond acceptors (Lipinski definition) is 19. The number of nitrogens with two attached hydrogens (primary N) is 1. The summed E-state index contributed by atoms with van der Waals surface area (Å²) in [5.74, 6) is -1.97. The summed E-state index contributed by atoms with van der Waals surface area (Å²) in [4.78, 5) is 13.2. The predicted octanol–water partition coefficient (Wildman–Crippen LogP) is -0.416. The van der Waals surface area contributed by atoms with Crippen LogP contribution in [-0.2, 0) is 42.7 Å². The number of methoxy groups -OCH3 is 1. The van der Waals surface area contributed by atoms with E-state index in [0.29, 0.717) is 6.42 Å². The summed E-state index contributed by atoms with van der Waals surface area (Å²) in [6, 6.07) is -2.66. The van der Waals surface area contributed by atoms with E-state index in [4.69, 9.17) is 43.6 Å². The number of amides is 1. The van der Waals surface area contributed by atoms with Gasteiger partial charge in [0.05, 0.1) is 44.7 Å². The molecule has 4 heterocycles. The van der Waals surface area contributed by atoms with Gasteiger partial charge in [-0.3, -0.25) is 4.79 Å². The van der Waals surface area contributed by atoms with Crippen LogP contribution in [0.1, 0.15) is 111 Å². The van der Waals surface area contributed by atoms with E-state index in [0.717, 1.165) is 51.4 Å². The van der Waals surface area contributed by atoms with Crippen molar-refractivity contribution in [1.29, 1.82) is 0 Å². The molecule has 0 aliphatic carbocycles. The van der Waals surface area contributed by atoms with Crippen LogP contribution in [0.25, 0.3) is 0 Å². The van der Waals surface area contributed by atoms with E-state index < -0.39 is 155 Å². The molecule has 1 amide bonds. The molecule has 0 spiro atoms. The SMILES string of the molecule is CCCCCC/C=C\CCCCCCCCCC(=O)NC1[C@H](O[C@H]2C(CO)O[C@H](OC3C(CO)O[C@@H](O[C@H]4C(CO)O[C@H](OC)[C@H](C)C4O)C(N)[C@H]3O)[C@H](C)C2O)OC(CO)C(O)[C@@H]1O. The van der Waals surface area contributed by atoms with Crippen molar-refractivity contribution in [3.63, 3.8) is 0 Å². The second-order valence-electron chi connectivity index (χ2n) is 18.1. The van der Waals surface area contributed by atoms with Crippen molar-refractivity contribution in [3.8, 4) is 0 Å². The van der Waals surface area contributed by atoms with Gasteiger partial charge in [-0.25, -0.2) is 0 Å². The minimum absolute atomic E-state index is 0.138. The lowest BCUT2D eigenvalue weighted by Crippen LogP contribution is -2.68. The number of nitrogens with one attached hydrogen (secondary N) is 1. The first-order chi connectivity index (χ1) is 31.3. The number of unbranched alkanes of at least 4 members (excludes halogenated alkanes) is 11. The predicted molar refractivity (Wildman–Crippen MR) is 232 cm³/mol. The van der Waals surface area contributed by atoms with Gasteiger partial charge in [-0.15, -0.1) is 0 Å². The average molecular weight is 939 g/mol. The molecule has 20 heteroatoms. The number of ether oxygens (including phenoxy) is 8. The van der Waals surface area contributed by atoms with Crippen molar-refractivity contribution in [3.05, 3.63) is 12.2 Å². The van der Waals surface area contributed by atoms with E-state index >= 15 is 0 Å². The van der Waals surface area contributed by atoms with Crippen LogP contribution in [0.3, 0.4) is 0 Å². The second kappa shape index (κ2) is 28.9. The maximum atomic E-state index is 13.2. The van der Waals surface area contributed by atoms with Gasteiger partial charge in [0.15, 0.2) is 25.2 Å². The Hall–Kier alpha value is -1.51. The first-order valence-corrected chi connectivity index (χ1v) is 23.9. The fourth-order valence-electron chi connectivity index (χ4n) is 8.97. The highest BCUT2D eigenvalue weighted by atomic mass is 16.8. The van der Waals surface area contributed by atoms with Gasteiger partial charge in [-0.2, -0.15) is 0 Å². The molecule has 380 valence electrons. The summed E-state index contributed by atoms with van der Waals surface area (Å²) in [5.41, 5.74) is 6.37. The monoisotopic (exact) mass is 939 g/mol. The maximum absolute atomic E-state index is 13.2. The van der Waals surface area contributed by atoms with Crippen LogP contribution in [0.15, 0.2) is 12.2 Å². The van der Waals surface area contributed by atoms with Crippen molar-refractivity contribution < 1.29 is 88.6 Å². The van der Waals surface area contributed by atoms with E-state index in [-0.39, 0.29) is 6.42 Å². The van der Waals surface area contributed by atoms with Crippen molar-refractivity contribution >= 4 is 5.91 Å². The number of aliphatic hydroxyl groups is 9. The Morgan fingerprint density at radius 3 is 1.52 bits per heavy atom. The average Bonchev–Trinajstić information content (AvgIpc) is 3.30. The number of carbonyl (C=O) groups excluding carboxylic acids is 1. The zero-order valence-corrected chi connectivity index (χ0v) is 38.7. The van der Waals surface area contributed by atoms with Crippen molar-refractivity contribution in [2.75, 3.05) is 33.5 Å². The molecular weight excluding hydrogens is 856 g/mol. The van der Waals surface area contributed by atoms with Crippen molar-refractivity contribution in [2.45, 2.75) is 221 Å². The highest BCUT2D eigenvalue weighted by molar-refractivity contribution is 5.76. The van der Waals surface area contributed by atoms with E-state index in [2.05, 4.69) is 24.4 Å². The molecule has 20 nitrogen and oxygen atoms in total. The molecule has 0 radical (unpaired) electrons. The quantitative estimate of drug-likeness (QED) is 0.0368. The summed E-state index contributed by atoms with van der Waals surface area (Å²) >= 11 is 0. The number of aliphatic hydroxyl groups excluding tert-OH is 9. The number of rotatable bonds is 27. The van der Waals surface area contributed by atoms with Gasteiger partial charge < -0.3 is 94.9 Å². The van der Waals surface area contributed by atoms with Crippen LogP contribution in [0.5, 0.6) is 0 Å². The lowest BCUT2D eigenvalue weighted by molar-refractivity contribution is -0.367. The molecule has 0 bridgehead atoms. The molecule has 0 aromatic rings. The molecular formula is C45H82N2O18. The Labute approximate surface area is 383 Å². The number of allylic oxidation sites excluding steroid dienone is 2. The zero-order valence-electron chi connectivity index (χ0n) is 38.7. The summed E-state index contributed by atoms with van der Waals surface area (Å²) < 4.78 is 47.0. The Morgan fingerprint density at radius 1 is 0.554 bits per heavy atom. The molecule has 0 aromatic heterocycles. The normalized spacial score (nSPS) is 40.3. The lowest BCUT2D eigenvalue weighted by Gasteiger charge is -2.50. The molecule has 4 aliphatic rings. The van der Waals surface area contributed by atoms with Gasteiger partial charge in [0.2, 0.25) is 5.91 Å². The van der Waals surface area contributed by atoms with Gasteiger partial charge in [0.25, 0.3) is 0 Å². The Balaban J connectivity index is 1.30. The van der Waals surface area contributed by atoms with E-state index in [9.17, 15) is 50.8 Å². The van der Waals surface area contributed by atoms with Gasteiger partial charge in [0, 0.05) is 25.4 Å². The Kier molecular flexibility index (Phi) is 24.9. The standard InChI is InChI=1S/C45H82N2O18/c1-5-6-7-8-9-10-11-12-13-14-15-16-17-18-19-20-31(52)47-33-38(57)36(55)27(21-48)59-45(33)65-40-29(23-50)61-43(26(3)35(40)54)63-41-30(24-51)62-44(32(46)37(41)56)64-39-28(22-49)60-42(58-4)25(2)34(39)53/h10-11,25-30,32-45,48-51,53-57H,5-9,12-24,46H2,1-4H3,(H,47,52)/b11-10-/t25-,26-,27?,28?,29?,30?,32?,33?,34?,35?,36?,37-,38-,39+,40+,41?,42+,43-,44+,45+/m1/s1. The zero-order chi connectivity index (χ0) is 47.6. The van der Waals surface area contributed by atoms with Crippen LogP contribution < -0.4 is 11.1 Å². The smallest absolute Gasteiger partial charge is 0.220 e. The lowest BCUT2D eigenvalue weighted by atomic mass is 9.90. The van der Waals surface area contributed by atoms with Crippen LogP contribution >= 0.6 is 0 Å². The molecule has 10 unspecified atom stereocenters. The fraction of sp³-hybridized carbons (Fsp3) is 0.933. The van der Waals surface area contributed by atoms with Crippen LogP contribution in [0.4, 0.5) is 0 Å². The molecule has 4 saturated heterocycles.